The van der Waals surface area contributed by atoms with Gasteiger partial charge in [-0.25, -0.2) is 9.82 Å². The number of hydrogen-bond donors (Lipinski definition) is 3. The predicted molar refractivity (Wildman–Crippen MR) is 101 cm³/mol. The van der Waals surface area contributed by atoms with Crippen LogP contribution in [0.25, 0.3) is 0 Å². The summed E-state index contributed by atoms with van der Waals surface area (Å²) in [4.78, 5) is 23.9. The summed E-state index contributed by atoms with van der Waals surface area (Å²) in [7, 11) is 0. The first-order valence-electron chi connectivity index (χ1n) is 8.40. The van der Waals surface area contributed by atoms with Crippen LogP contribution in [0.2, 0.25) is 0 Å². The van der Waals surface area contributed by atoms with E-state index in [0.717, 1.165) is 5.56 Å². The van der Waals surface area contributed by atoms with Crippen molar-refractivity contribution in [3.8, 4) is 5.75 Å². The highest BCUT2D eigenvalue weighted by molar-refractivity contribution is 5.97. The van der Waals surface area contributed by atoms with Gasteiger partial charge in [0.15, 0.2) is 0 Å². The smallest absolute Gasteiger partial charge is 0.249 e. The van der Waals surface area contributed by atoms with Crippen molar-refractivity contribution in [1.29, 1.82) is 0 Å². The largest absolute Gasteiger partial charge is 0.508 e. The molecule has 6 nitrogen and oxygen atoms in total. The standard InChI is InChI=1S/C20H22FN3O3/c1-20(2,12-14-6-8-17(25)9-7-14)23-18(26)11-19(27)24-22-13-15-4-3-5-16(21)10-15/h3-10,13,25H,11-12H2,1-2H3,(H,23,26)(H,24,27)/b22-13-. The van der Waals surface area contributed by atoms with Gasteiger partial charge in [0, 0.05) is 5.54 Å². The minimum atomic E-state index is -0.570. The average Bonchev–Trinajstić information content (AvgIpc) is 2.56. The maximum absolute atomic E-state index is 13.0. The Bertz CT molecular complexity index is 833. The van der Waals surface area contributed by atoms with E-state index in [0.29, 0.717) is 12.0 Å². The minimum Gasteiger partial charge on any atom is -0.508 e. The first kappa shape index (κ1) is 20.1. The molecule has 3 N–H and O–H groups in total. The second kappa shape index (κ2) is 8.93. The second-order valence-electron chi connectivity index (χ2n) is 6.80. The van der Waals surface area contributed by atoms with Crippen LogP contribution in [-0.2, 0) is 16.0 Å². The summed E-state index contributed by atoms with van der Waals surface area (Å²) >= 11 is 0. The zero-order valence-corrected chi connectivity index (χ0v) is 15.2. The van der Waals surface area contributed by atoms with E-state index >= 15 is 0 Å². The van der Waals surface area contributed by atoms with E-state index in [-0.39, 0.29) is 12.2 Å². The van der Waals surface area contributed by atoms with Gasteiger partial charge in [0.2, 0.25) is 11.8 Å². The maximum Gasteiger partial charge on any atom is 0.249 e. The number of amides is 2. The third-order valence-electron chi connectivity index (χ3n) is 3.63. The van der Waals surface area contributed by atoms with Gasteiger partial charge in [0.05, 0.1) is 6.21 Å². The molecule has 2 aromatic carbocycles. The Balaban J connectivity index is 1.81. The number of phenolic OH excluding ortho intramolecular Hbond substituents is 1. The predicted octanol–water partition coefficient (Wildman–Crippen LogP) is 2.51. The molecule has 7 heteroatoms. The van der Waals surface area contributed by atoms with Crippen LogP contribution in [-0.4, -0.2) is 28.7 Å². The number of halogens is 1. The van der Waals surface area contributed by atoms with Crippen molar-refractivity contribution in [2.75, 3.05) is 0 Å². The average molecular weight is 371 g/mol. The summed E-state index contributed by atoms with van der Waals surface area (Å²) in [6.07, 6.45) is 1.46. The fourth-order valence-corrected chi connectivity index (χ4v) is 2.54. The highest BCUT2D eigenvalue weighted by atomic mass is 19.1. The summed E-state index contributed by atoms with van der Waals surface area (Å²) in [6, 6.07) is 12.5. The molecule has 0 saturated carbocycles. The van der Waals surface area contributed by atoms with Gasteiger partial charge in [0.1, 0.15) is 18.0 Å². The fraction of sp³-hybridized carbons (Fsp3) is 0.250. The van der Waals surface area contributed by atoms with Gasteiger partial charge in [-0.3, -0.25) is 9.59 Å². The van der Waals surface area contributed by atoms with Crippen LogP contribution in [0, 0.1) is 5.82 Å². The monoisotopic (exact) mass is 371 g/mol. The number of nitrogens with one attached hydrogen (secondary N) is 2. The van der Waals surface area contributed by atoms with E-state index in [9.17, 15) is 19.1 Å². The van der Waals surface area contributed by atoms with E-state index in [4.69, 9.17) is 0 Å². The molecule has 27 heavy (non-hydrogen) atoms. The van der Waals surface area contributed by atoms with Crippen molar-refractivity contribution in [3.63, 3.8) is 0 Å². The van der Waals surface area contributed by atoms with Gasteiger partial charge in [-0.15, -0.1) is 0 Å². The number of aromatic hydroxyl groups is 1. The first-order chi connectivity index (χ1) is 12.7. The quantitative estimate of drug-likeness (QED) is 0.397. The Labute approximate surface area is 157 Å². The van der Waals surface area contributed by atoms with Crippen molar-refractivity contribution in [2.45, 2.75) is 32.2 Å². The molecule has 0 radical (unpaired) electrons. The summed E-state index contributed by atoms with van der Waals surface area (Å²) in [5.74, 6) is -1.23. The molecule has 2 amide bonds. The normalized spacial score (nSPS) is 11.4. The lowest BCUT2D eigenvalue weighted by Crippen LogP contribution is -2.46. The molecule has 0 bridgehead atoms. The van der Waals surface area contributed by atoms with Crippen molar-refractivity contribution in [2.24, 2.45) is 5.10 Å². The molecular weight excluding hydrogens is 349 g/mol. The van der Waals surface area contributed by atoms with Crippen molar-refractivity contribution in [3.05, 3.63) is 65.5 Å². The molecule has 0 aliphatic rings. The molecule has 0 saturated heterocycles. The molecular formula is C20H22FN3O3. The van der Waals surface area contributed by atoms with Crippen LogP contribution in [0.5, 0.6) is 5.75 Å². The lowest BCUT2D eigenvalue weighted by Gasteiger charge is -2.26. The SMILES string of the molecule is CC(C)(Cc1ccc(O)cc1)NC(=O)CC(=O)N/N=C\c1cccc(F)c1. The number of carbonyl (C=O) groups excluding carboxylic acids is 2. The molecule has 0 aliphatic heterocycles. The number of carbonyl (C=O) groups is 2. The first-order valence-corrected chi connectivity index (χ1v) is 8.40. The van der Waals surface area contributed by atoms with E-state index in [1.807, 2.05) is 13.8 Å². The van der Waals surface area contributed by atoms with Gasteiger partial charge in [-0.2, -0.15) is 5.10 Å². The van der Waals surface area contributed by atoms with Crippen molar-refractivity contribution >= 4 is 18.0 Å². The molecule has 0 aliphatic carbocycles. The topological polar surface area (TPSA) is 90.8 Å². The number of phenols is 1. The van der Waals surface area contributed by atoms with Gasteiger partial charge < -0.3 is 10.4 Å². The number of hydrogen-bond acceptors (Lipinski definition) is 4. The highest BCUT2D eigenvalue weighted by Crippen LogP contribution is 2.16. The van der Waals surface area contributed by atoms with Crippen LogP contribution in [0.3, 0.4) is 0 Å². The molecule has 0 fully saturated rings. The zero-order chi connectivity index (χ0) is 19.9. The second-order valence-corrected chi connectivity index (χ2v) is 6.80. The maximum atomic E-state index is 13.0. The fourth-order valence-electron chi connectivity index (χ4n) is 2.54. The van der Waals surface area contributed by atoms with E-state index < -0.39 is 23.2 Å². The lowest BCUT2D eigenvalue weighted by atomic mass is 9.94. The van der Waals surface area contributed by atoms with E-state index in [1.54, 1.807) is 30.3 Å². The van der Waals surface area contributed by atoms with Crippen LogP contribution >= 0.6 is 0 Å². The number of hydrazone groups is 1. The zero-order valence-electron chi connectivity index (χ0n) is 15.2. The van der Waals surface area contributed by atoms with Crippen LogP contribution in [0.1, 0.15) is 31.4 Å². The molecule has 0 atom stereocenters. The molecule has 142 valence electrons. The summed E-state index contributed by atoms with van der Waals surface area (Å²) in [5, 5.41) is 15.8. The molecule has 2 aromatic rings. The molecule has 0 spiro atoms. The number of rotatable bonds is 7. The van der Waals surface area contributed by atoms with Crippen LogP contribution < -0.4 is 10.7 Å². The van der Waals surface area contributed by atoms with Gasteiger partial charge >= 0.3 is 0 Å². The van der Waals surface area contributed by atoms with Gasteiger partial charge in [0.25, 0.3) is 0 Å². The molecule has 0 heterocycles. The van der Waals surface area contributed by atoms with Crippen LogP contribution in [0.4, 0.5) is 4.39 Å². The molecule has 0 unspecified atom stereocenters. The summed E-state index contributed by atoms with van der Waals surface area (Å²) < 4.78 is 13.0. The lowest BCUT2D eigenvalue weighted by molar-refractivity contribution is -0.130. The third kappa shape index (κ3) is 7.27. The van der Waals surface area contributed by atoms with Gasteiger partial charge in [-0.05, 0) is 55.7 Å². The van der Waals surface area contributed by atoms with E-state index in [2.05, 4.69) is 15.8 Å². The summed E-state index contributed by atoms with van der Waals surface area (Å²) in [6.45, 7) is 3.69. The Morgan fingerprint density at radius 1 is 1.15 bits per heavy atom. The number of benzene rings is 2. The third-order valence-corrected chi connectivity index (χ3v) is 3.63. The highest BCUT2D eigenvalue weighted by Gasteiger charge is 2.22. The van der Waals surface area contributed by atoms with Crippen LogP contribution in [0.15, 0.2) is 53.6 Å². The molecule has 0 aromatic heterocycles. The molecule has 2 rings (SSSR count). The minimum absolute atomic E-state index is 0.177. The Morgan fingerprint density at radius 3 is 2.52 bits per heavy atom. The Hall–Kier alpha value is -3.22. The van der Waals surface area contributed by atoms with Gasteiger partial charge in [-0.1, -0.05) is 24.3 Å². The van der Waals surface area contributed by atoms with Crippen molar-refractivity contribution < 1.29 is 19.1 Å². The Kier molecular flexibility index (Phi) is 6.65. The summed E-state index contributed by atoms with van der Waals surface area (Å²) in [5.41, 5.74) is 3.11. The number of nitrogens with zero attached hydrogens (tertiary/aromatic N) is 1. The van der Waals surface area contributed by atoms with E-state index in [1.165, 1.54) is 24.4 Å². The van der Waals surface area contributed by atoms with Crippen molar-refractivity contribution in [1.82, 2.24) is 10.7 Å². The Morgan fingerprint density at radius 2 is 1.85 bits per heavy atom.